The van der Waals surface area contributed by atoms with E-state index in [0.717, 1.165) is 0 Å². The molecule has 0 aliphatic heterocycles. The van der Waals surface area contributed by atoms with Crippen molar-refractivity contribution < 1.29 is 9.13 Å². The maximum atomic E-state index is 12.9. The van der Waals surface area contributed by atoms with Crippen LogP contribution in [-0.4, -0.2) is 0 Å². The molecule has 2 rings (SSSR count). The standard InChI is InChI=1S/C14H9ClFNO/c15-13-7-12(16)6-5-11(13)9-18-14-4-2-1-3-10(14)8-17/h1-7H,9H2. The van der Waals surface area contributed by atoms with Gasteiger partial charge >= 0.3 is 0 Å². The van der Waals surface area contributed by atoms with Gasteiger partial charge < -0.3 is 4.74 Å². The van der Waals surface area contributed by atoms with E-state index in [1.54, 1.807) is 30.3 Å². The first-order valence-electron chi connectivity index (χ1n) is 5.26. The smallest absolute Gasteiger partial charge is 0.137 e. The summed E-state index contributed by atoms with van der Waals surface area (Å²) < 4.78 is 18.4. The maximum absolute atomic E-state index is 12.9. The van der Waals surface area contributed by atoms with Crippen molar-refractivity contribution in [2.24, 2.45) is 0 Å². The number of nitrogens with zero attached hydrogens (tertiary/aromatic N) is 1. The van der Waals surface area contributed by atoms with E-state index in [1.165, 1.54) is 12.1 Å². The first kappa shape index (κ1) is 12.4. The summed E-state index contributed by atoms with van der Waals surface area (Å²) in [5, 5.41) is 9.21. The van der Waals surface area contributed by atoms with Crippen LogP contribution in [0.5, 0.6) is 5.75 Å². The molecular formula is C14H9ClFNO. The lowest BCUT2D eigenvalue weighted by molar-refractivity contribution is 0.305. The summed E-state index contributed by atoms with van der Waals surface area (Å²) in [6.07, 6.45) is 0. The predicted octanol–water partition coefficient (Wildman–Crippen LogP) is 3.93. The highest BCUT2D eigenvalue weighted by molar-refractivity contribution is 6.31. The fraction of sp³-hybridized carbons (Fsp3) is 0.0714. The molecule has 0 heterocycles. The zero-order valence-electron chi connectivity index (χ0n) is 9.36. The molecule has 90 valence electrons. The van der Waals surface area contributed by atoms with Crippen molar-refractivity contribution in [1.82, 2.24) is 0 Å². The number of nitriles is 1. The van der Waals surface area contributed by atoms with E-state index in [-0.39, 0.29) is 12.4 Å². The average Bonchev–Trinajstić information content (AvgIpc) is 2.38. The Morgan fingerprint density at radius 3 is 2.72 bits per heavy atom. The van der Waals surface area contributed by atoms with E-state index in [9.17, 15) is 4.39 Å². The number of para-hydroxylation sites is 1. The predicted molar refractivity (Wildman–Crippen MR) is 66.9 cm³/mol. The Labute approximate surface area is 109 Å². The van der Waals surface area contributed by atoms with Gasteiger partial charge in [0.1, 0.15) is 24.2 Å². The molecule has 4 heteroatoms. The molecule has 0 spiro atoms. The number of ether oxygens (including phenoxy) is 1. The number of benzene rings is 2. The van der Waals surface area contributed by atoms with Gasteiger partial charge in [-0.25, -0.2) is 4.39 Å². The van der Waals surface area contributed by atoms with E-state index in [1.807, 2.05) is 6.07 Å². The van der Waals surface area contributed by atoms with Gasteiger partial charge in [0.15, 0.2) is 0 Å². The SMILES string of the molecule is N#Cc1ccccc1OCc1ccc(F)cc1Cl. The summed E-state index contributed by atoms with van der Waals surface area (Å²) in [6.45, 7) is 0.192. The van der Waals surface area contributed by atoms with Crippen LogP contribution in [0.2, 0.25) is 5.02 Å². The zero-order valence-corrected chi connectivity index (χ0v) is 10.1. The number of hydrogen-bond acceptors (Lipinski definition) is 2. The lowest BCUT2D eigenvalue weighted by Gasteiger charge is -2.08. The first-order chi connectivity index (χ1) is 8.70. The third-order valence-corrected chi connectivity index (χ3v) is 2.76. The van der Waals surface area contributed by atoms with Gasteiger partial charge in [-0.05, 0) is 24.3 Å². The monoisotopic (exact) mass is 261 g/mol. The highest BCUT2D eigenvalue weighted by Crippen LogP contribution is 2.22. The van der Waals surface area contributed by atoms with Gasteiger partial charge in [-0.15, -0.1) is 0 Å². The Balaban J connectivity index is 2.14. The average molecular weight is 262 g/mol. The summed E-state index contributed by atoms with van der Waals surface area (Å²) in [5.41, 5.74) is 1.13. The molecule has 2 aromatic rings. The number of hydrogen-bond donors (Lipinski definition) is 0. The molecule has 0 atom stereocenters. The summed E-state index contributed by atoms with van der Waals surface area (Å²) >= 11 is 5.88. The second-order valence-electron chi connectivity index (χ2n) is 3.63. The highest BCUT2D eigenvalue weighted by atomic mass is 35.5. The molecule has 0 aliphatic rings. The fourth-order valence-electron chi connectivity index (χ4n) is 1.48. The van der Waals surface area contributed by atoms with E-state index < -0.39 is 0 Å². The fourth-order valence-corrected chi connectivity index (χ4v) is 1.70. The third kappa shape index (κ3) is 2.79. The van der Waals surface area contributed by atoms with Gasteiger partial charge in [0.05, 0.1) is 10.6 Å². The molecule has 0 aliphatic carbocycles. The molecule has 18 heavy (non-hydrogen) atoms. The summed E-state index contributed by atoms with van der Waals surface area (Å²) in [5.74, 6) is 0.0987. The van der Waals surface area contributed by atoms with Crippen LogP contribution in [-0.2, 0) is 6.61 Å². The van der Waals surface area contributed by atoms with Crippen LogP contribution >= 0.6 is 11.6 Å². The summed E-state index contributed by atoms with van der Waals surface area (Å²) in [6, 6.07) is 13.1. The molecule has 0 aromatic heterocycles. The molecule has 0 saturated heterocycles. The molecule has 0 N–H and O–H groups in total. The number of rotatable bonds is 3. The van der Waals surface area contributed by atoms with Crippen molar-refractivity contribution in [3.8, 4) is 11.8 Å². The zero-order chi connectivity index (χ0) is 13.0. The largest absolute Gasteiger partial charge is 0.487 e. The second kappa shape index (κ2) is 5.52. The molecule has 0 unspecified atom stereocenters. The minimum Gasteiger partial charge on any atom is -0.487 e. The van der Waals surface area contributed by atoms with Gasteiger partial charge in [0.25, 0.3) is 0 Å². The highest BCUT2D eigenvalue weighted by Gasteiger charge is 2.05. The van der Waals surface area contributed by atoms with Crippen LogP contribution in [0, 0.1) is 17.1 Å². The Bertz CT molecular complexity index is 607. The molecule has 0 bridgehead atoms. The van der Waals surface area contributed by atoms with Gasteiger partial charge in [-0.3, -0.25) is 0 Å². The van der Waals surface area contributed by atoms with Gasteiger partial charge in [0.2, 0.25) is 0 Å². The Hall–Kier alpha value is -2.05. The van der Waals surface area contributed by atoms with Crippen LogP contribution in [0.15, 0.2) is 42.5 Å². The molecule has 0 saturated carbocycles. The minimum atomic E-state index is -0.388. The molecule has 2 aromatic carbocycles. The maximum Gasteiger partial charge on any atom is 0.137 e. The second-order valence-corrected chi connectivity index (χ2v) is 4.04. The van der Waals surface area contributed by atoms with Crippen molar-refractivity contribution in [2.75, 3.05) is 0 Å². The van der Waals surface area contributed by atoms with Gasteiger partial charge in [-0.1, -0.05) is 29.8 Å². The van der Waals surface area contributed by atoms with Crippen LogP contribution in [0.25, 0.3) is 0 Å². The van der Waals surface area contributed by atoms with Gasteiger partial charge in [-0.2, -0.15) is 5.26 Å². The van der Waals surface area contributed by atoms with Crippen molar-refractivity contribution in [2.45, 2.75) is 6.61 Å². The first-order valence-corrected chi connectivity index (χ1v) is 5.64. The van der Waals surface area contributed by atoms with Crippen molar-refractivity contribution in [3.63, 3.8) is 0 Å². The number of halogens is 2. The molecule has 2 nitrogen and oxygen atoms in total. The Kier molecular flexibility index (Phi) is 3.81. The summed E-state index contributed by atoms with van der Waals surface area (Å²) in [7, 11) is 0. The van der Waals surface area contributed by atoms with E-state index in [0.29, 0.717) is 21.9 Å². The van der Waals surface area contributed by atoms with Crippen LogP contribution in [0.4, 0.5) is 4.39 Å². The van der Waals surface area contributed by atoms with Crippen LogP contribution in [0.3, 0.4) is 0 Å². The Morgan fingerprint density at radius 2 is 2.00 bits per heavy atom. The lowest BCUT2D eigenvalue weighted by atomic mass is 10.2. The topological polar surface area (TPSA) is 33.0 Å². The quantitative estimate of drug-likeness (QED) is 0.839. The molecule has 0 fully saturated rings. The van der Waals surface area contributed by atoms with Crippen molar-refractivity contribution >= 4 is 11.6 Å². The van der Waals surface area contributed by atoms with Gasteiger partial charge in [0, 0.05) is 5.56 Å². The Morgan fingerprint density at radius 1 is 1.22 bits per heavy atom. The molecular weight excluding hydrogens is 253 g/mol. The molecule has 0 radical (unpaired) electrons. The summed E-state index contributed by atoms with van der Waals surface area (Å²) in [4.78, 5) is 0. The third-order valence-electron chi connectivity index (χ3n) is 2.41. The van der Waals surface area contributed by atoms with E-state index >= 15 is 0 Å². The van der Waals surface area contributed by atoms with E-state index in [4.69, 9.17) is 21.6 Å². The molecule has 0 amide bonds. The normalized spacial score (nSPS) is 9.83. The minimum absolute atomic E-state index is 0.192. The van der Waals surface area contributed by atoms with E-state index in [2.05, 4.69) is 0 Å². The van der Waals surface area contributed by atoms with Crippen LogP contribution in [0.1, 0.15) is 11.1 Å². The van der Waals surface area contributed by atoms with Crippen molar-refractivity contribution in [3.05, 3.63) is 64.4 Å². The lowest BCUT2D eigenvalue weighted by Crippen LogP contribution is -1.98. The van der Waals surface area contributed by atoms with Crippen LogP contribution < -0.4 is 4.74 Å². The van der Waals surface area contributed by atoms with Crippen molar-refractivity contribution in [1.29, 1.82) is 5.26 Å².